The highest BCUT2D eigenvalue weighted by molar-refractivity contribution is 4.83. The average molecular weight is 137 g/mol. The van der Waals surface area contributed by atoms with Gasteiger partial charge in [-0.3, -0.25) is 0 Å². The molecule has 1 N–H and O–H groups in total. The molecular weight excluding hydrogens is 122 g/mol. The van der Waals surface area contributed by atoms with Crippen LogP contribution in [0.25, 0.3) is 0 Å². The number of hydrogen-bond donors (Lipinski definition) is 1. The van der Waals surface area contributed by atoms with E-state index in [1.807, 2.05) is 6.08 Å². The second kappa shape index (κ2) is 8.26. The van der Waals surface area contributed by atoms with Gasteiger partial charge in [0.1, 0.15) is 0 Å². The van der Waals surface area contributed by atoms with Crippen LogP contribution < -0.4 is 5.32 Å². The van der Waals surface area contributed by atoms with Crippen LogP contribution >= 0.6 is 0 Å². The largest absolute Gasteiger partial charge is 0.316 e. The Labute approximate surface area is 63.5 Å². The summed E-state index contributed by atoms with van der Waals surface area (Å²) in [6.07, 6.45) is 9.98. The van der Waals surface area contributed by atoms with Crippen LogP contribution in [-0.4, -0.2) is 13.1 Å². The van der Waals surface area contributed by atoms with Gasteiger partial charge >= 0.3 is 0 Å². The summed E-state index contributed by atoms with van der Waals surface area (Å²) in [5.41, 5.74) is 0. The molecule has 0 aromatic rings. The molecule has 10 heavy (non-hydrogen) atoms. The summed E-state index contributed by atoms with van der Waals surface area (Å²) in [6.45, 7) is 5.67. The molecule has 0 radical (unpaired) electrons. The first-order valence-electron chi connectivity index (χ1n) is 3.67. The van der Waals surface area contributed by atoms with Crippen LogP contribution in [0.4, 0.5) is 0 Å². The zero-order valence-corrected chi connectivity index (χ0v) is 6.40. The van der Waals surface area contributed by atoms with Crippen molar-refractivity contribution in [2.24, 2.45) is 0 Å². The number of rotatable bonds is 6. The molecule has 0 aliphatic heterocycles. The van der Waals surface area contributed by atoms with Crippen LogP contribution in [0.3, 0.4) is 0 Å². The van der Waals surface area contributed by atoms with E-state index in [4.69, 9.17) is 6.42 Å². The van der Waals surface area contributed by atoms with Gasteiger partial charge in [-0.05, 0) is 25.9 Å². The third-order valence-electron chi connectivity index (χ3n) is 1.20. The Bertz CT molecular complexity index is 110. The van der Waals surface area contributed by atoms with Crippen molar-refractivity contribution in [3.8, 4) is 12.3 Å². The van der Waals surface area contributed by atoms with E-state index >= 15 is 0 Å². The van der Waals surface area contributed by atoms with Gasteiger partial charge < -0.3 is 5.32 Å². The van der Waals surface area contributed by atoms with Gasteiger partial charge in [-0.1, -0.05) is 6.08 Å². The zero-order valence-electron chi connectivity index (χ0n) is 6.40. The molecule has 0 unspecified atom stereocenters. The molecule has 0 spiro atoms. The van der Waals surface area contributed by atoms with Crippen LogP contribution in [0, 0.1) is 12.3 Å². The summed E-state index contributed by atoms with van der Waals surface area (Å²) in [4.78, 5) is 0. The van der Waals surface area contributed by atoms with E-state index in [1.54, 1.807) is 0 Å². The predicted octanol–water partition coefficient (Wildman–Crippen LogP) is 1.57. The Hall–Kier alpha value is -0.740. The van der Waals surface area contributed by atoms with Crippen molar-refractivity contribution in [1.29, 1.82) is 0 Å². The first kappa shape index (κ1) is 9.26. The molecule has 0 bridgehead atoms. The molecule has 0 atom stereocenters. The lowest BCUT2D eigenvalue weighted by atomic mass is 10.3. The Balaban J connectivity index is 2.78. The Morgan fingerprint density at radius 2 is 2.30 bits per heavy atom. The van der Waals surface area contributed by atoms with Crippen LogP contribution in [0.2, 0.25) is 0 Å². The zero-order chi connectivity index (χ0) is 7.66. The van der Waals surface area contributed by atoms with Gasteiger partial charge in [0.25, 0.3) is 0 Å². The number of unbranched alkanes of at least 4 members (excludes halogenated alkanes) is 1. The van der Waals surface area contributed by atoms with Crippen molar-refractivity contribution in [2.75, 3.05) is 13.1 Å². The fraction of sp³-hybridized carbons (Fsp3) is 0.556. The molecule has 0 rings (SSSR count). The van der Waals surface area contributed by atoms with E-state index in [1.165, 1.54) is 0 Å². The lowest BCUT2D eigenvalue weighted by Crippen LogP contribution is -2.15. The molecule has 0 aromatic carbocycles. The molecular formula is C9H15N. The van der Waals surface area contributed by atoms with Gasteiger partial charge in [-0.2, -0.15) is 0 Å². The van der Waals surface area contributed by atoms with Gasteiger partial charge in [-0.15, -0.1) is 18.9 Å². The molecule has 0 aromatic heterocycles. The molecule has 0 amide bonds. The van der Waals surface area contributed by atoms with E-state index in [2.05, 4.69) is 17.8 Å². The first-order chi connectivity index (χ1) is 4.91. The quantitative estimate of drug-likeness (QED) is 0.333. The highest BCUT2D eigenvalue weighted by atomic mass is 14.8. The summed E-state index contributed by atoms with van der Waals surface area (Å²) < 4.78 is 0. The molecule has 0 fully saturated rings. The second-order valence-corrected chi connectivity index (χ2v) is 2.14. The van der Waals surface area contributed by atoms with Crippen molar-refractivity contribution in [3.05, 3.63) is 12.7 Å². The van der Waals surface area contributed by atoms with Crippen LogP contribution in [0.1, 0.15) is 19.3 Å². The van der Waals surface area contributed by atoms with Gasteiger partial charge in [0.15, 0.2) is 0 Å². The van der Waals surface area contributed by atoms with Crippen LogP contribution in [-0.2, 0) is 0 Å². The second-order valence-electron chi connectivity index (χ2n) is 2.14. The van der Waals surface area contributed by atoms with Gasteiger partial charge in [0.2, 0.25) is 0 Å². The molecule has 0 aliphatic rings. The highest BCUT2D eigenvalue weighted by Crippen LogP contribution is 1.83. The maximum absolute atomic E-state index is 5.08. The van der Waals surface area contributed by atoms with Crippen molar-refractivity contribution < 1.29 is 0 Å². The molecule has 0 saturated heterocycles. The van der Waals surface area contributed by atoms with Gasteiger partial charge in [0.05, 0.1) is 0 Å². The minimum Gasteiger partial charge on any atom is -0.316 e. The summed E-state index contributed by atoms with van der Waals surface area (Å²) in [7, 11) is 0. The smallest absolute Gasteiger partial charge is 0.00981 e. The maximum Gasteiger partial charge on any atom is 0.00981 e. The molecule has 0 aliphatic carbocycles. The Morgan fingerprint density at radius 1 is 1.50 bits per heavy atom. The van der Waals surface area contributed by atoms with Crippen molar-refractivity contribution in [1.82, 2.24) is 5.32 Å². The van der Waals surface area contributed by atoms with Crippen molar-refractivity contribution >= 4 is 0 Å². The molecule has 0 saturated carbocycles. The average Bonchev–Trinajstić information content (AvgIpc) is 1.97. The Kier molecular flexibility index (Phi) is 7.65. The van der Waals surface area contributed by atoms with E-state index in [-0.39, 0.29) is 0 Å². The predicted molar refractivity (Wildman–Crippen MR) is 45.8 cm³/mol. The highest BCUT2D eigenvalue weighted by Gasteiger charge is 1.83. The summed E-state index contributed by atoms with van der Waals surface area (Å²) in [5, 5.41) is 3.25. The fourth-order valence-corrected chi connectivity index (χ4v) is 0.645. The summed E-state index contributed by atoms with van der Waals surface area (Å²) in [6, 6.07) is 0. The van der Waals surface area contributed by atoms with Crippen molar-refractivity contribution in [2.45, 2.75) is 19.3 Å². The van der Waals surface area contributed by atoms with Gasteiger partial charge in [-0.25, -0.2) is 0 Å². The minimum absolute atomic E-state index is 0.876. The van der Waals surface area contributed by atoms with Crippen molar-refractivity contribution in [3.63, 3.8) is 0 Å². The summed E-state index contributed by atoms with van der Waals surface area (Å²) in [5.74, 6) is 2.60. The standard InChI is InChI=1S/C9H15N/c1-3-5-7-9-10-8-6-4-2/h1,4,10H,2,5-9H2. The number of nitrogens with one attached hydrogen (secondary N) is 1. The fourth-order valence-electron chi connectivity index (χ4n) is 0.645. The van der Waals surface area contributed by atoms with Gasteiger partial charge in [0, 0.05) is 6.42 Å². The number of hydrogen-bond acceptors (Lipinski definition) is 1. The first-order valence-corrected chi connectivity index (χ1v) is 3.67. The monoisotopic (exact) mass is 137 g/mol. The normalized spacial score (nSPS) is 8.70. The lowest BCUT2D eigenvalue weighted by molar-refractivity contribution is 0.663. The summed E-state index contributed by atoms with van der Waals surface area (Å²) >= 11 is 0. The van der Waals surface area contributed by atoms with E-state index in [0.717, 1.165) is 32.4 Å². The van der Waals surface area contributed by atoms with E-state index in [9.17, 15) is 0 Å². The lowest BCUT2D eigenvalue weighted by Gasteiger charge is -1.98. The SMILES string of the molecule is C#CCCCNCCC=C. The molecule has 1 nitrogen and oxygen atoms in total. The topological polar surface area (TPSA) is 12.0 Å². The minimum atomic E-state index is 0.876. The molecule has 0 heterocycles. The van der Waals surface area contributed by atoms with Crippen LogP contribution in [0.5, 0.6) is 0 Å². The Morgan fingerprint density at radius 3 is 2.90 bits per heavy atom. The van der Waals surface area contributed by atoms with E-state index in [0.29, 0.717) is 0 Å². The number of terminal acetylenes is 1. The third-order valence-corrected chi connectivity index (χ3v) is 1.20. The maximum atomic E-state index is 5.08. The van der Waals surface area contributed by atoms with Crippen LogP contribution in [0.15, 0.2) is 12.7 Å². The molecule has 56 valence electrons. The third kappa shape index (κ3) is 7.26. The van der Waals surface area contributed by atoms with E-state index < -0.39 is 0 Å². The molecule has 1 heteroatoms.